The monoisotopic (exact) mass is 384 g/mol. The van der Waals surface area contributed by atoms with Gasteiger partial charge in [0, 0.05) is 11.3 Å². The molecule has 0 saturated carbocycles. The Morgan fingerprint density at radius 2 is 1.41 bits per heavy atom. The van der Waals surface area contributed by atoms with E-state index in [1.54, 1.807) is 43.3 Å². The molecule has 6 heteroatoms. The summed E-state index contributed by atoms with van der Waals surface area (Å²) in [7, 11) is 0. The zero-order valence-corrected chi connectivity index (χ0v) is 15.9. The number of nitrogens with zero attached hydrogens (tertiary/aromatic N) is 2. The summed E-state index contributed by atoms with van der Waals surface area (Å²) in [4.78, 5) is 26.5. The average molecular weight is 384 g/mol. The molecule has 1 atom stereocenters. The third-order valence-electron chi connectivity index (χ3n) is 4.75. The van der Waals surface area contributed by atoms with E-state index in [1.807, 2.05) is 54.6 Å². The normalized spacial score (nSPS) is 18.3. The summed E-state index contributed by atoms with van der Waals surface area (Å²) in [5.41, 5.74) is 0.727. The van der Waals surface area contributed by atoms with E-state index in [9.17, 15) is 9.59 Å². The first-order valence-electron chi connectivity index (χ1n) is 9.26. The van der Waals surface area contributed by atoms with E-state index in [1.165, 1.54) is 5.01 Å². The smallest absolute Gasteiger partial charge is 0.300 e. The van der Waals surface area contributed by atoms with Crippen LogP contribution in [0.2, 0.25) is 0 Å². The molecule has 2 N–H and O–H groups in total. The quantitative estimate of drug-likeness (QED) is 0.660. The Morgan fingerprint density at radius 1 is 0.862 bits per heavy atom. The predicted molar refractivity (Wildman–Crippen MR) is 114 cm³/mol. The molecule has 0 radical (unpaired) electrons. The molecule has 1 aliphatic rings. The molecule has 2 amide bonds. The molecular formula is C23H20N4O2. The molecule has 6 nitrogen and oxygen atoms in total. The molecule has 0 fully saturated rings. The number of rotatable bonds is 5. The van der Waals surface area contributed by atoms with Crippen LogP contribution >= 0.6 is 0 Å². The van der Waals surface area contributed by atoms with Gasteiger partial charge in [0.1, 0.15) is 0 Å². The van der Waals surface area contributed by atoms with Crippen molar-refractivity contribution in [2.45, 2.75) is 12.6 Å². The lowest BCUT2D eigenvalue weighted by Gasteiger charge is -2.31. The molecule has 1 unspecified atom stereocenters. The Bertz CT molecular complexity index is 1050. The molecule has 4 rings (SSSR count). The minimum Gasteiger partial charge on any atom is -0.350 e. The summed E-state index contributed by atoms with van der Waals surface area (Å²) in [6.45, 7) is 1.72. The van der Waals surface area contributed by atoms with Gasteiger partial charge in [0.15, 0.2) is 0 Å². The molecular weight excluding hydrogens is 364 g/mol. The van der Waals surface area contributed by atoms with E-state index < -0.39 is 5.66 Å². The maximum Gasteiger partial charge on any atom is 0.300 e. The van der Waals surface area contributed by atoms with Crippen LogP contribution < -0.4 is 15.6 Å². The maximum atomic E-state index is 13.5. The van der Waals surface area contributed by atoms with E-state index in [4.69, 9.17) is 0 Å². The van der Waals surface area contributed by atoms with Gasteiger partial charge in [-0.25, -0.2) is 0 Å². The fraction of sp³-hybridized carbons (Fsp3) is 0.0870. The van der Waals surface area contributed by atoms with Gasteiger partial charge in [-0.2, -0.15) is 10.1 Å². The van der Waals surface area contributed by atoms with Gasteiger partial charge in [0.2, 0.25) is 5.66 Å². The molecule has 1 heterocycles. The number of para-hydroxylation sites is 2. The topological polar surface area (TPSA) is 73.8 Å². The highest BCUT2D eigenvalue weighted by atomic mass is 16.2. The van der Waals surface area contributed by atoms with Crippen molar-refractivity contribution in [1.82, 2.24) is 5.32 Å². The summed E-state index contributed by atoms with van der Waals surface area (Å²) in [5.74, 6) is -0.749. The van der Waals surface area contributed by atoms with Crippen molar-refractivity contribution in [1.29, 1.82) is 0 Å². The second-order valence-corrected chi connectivity index (χ2v) is 6.70. The van der Waals surface area contributed by atoms with Crippen LogP contribution in [-0.2, 0) is 4.79 Å². The van der Waals surface area contributed by atoms with Gasteiger partial charge < -0.3 is 10.6 Å². The molecule has 144 valence electrons. The van der Waals surface area contributed by atoms with Crippen LogP contribution in [0.15, 0.2) is 96.1 Å². The first-order valence-corrected chi connectivity index (χ1v) is 9.26. The molecule has 0 saturated heterocycles. The van der Waals surface area contributed by atoms with Crippen LogP contribution in [0.5, 0.6) is 0 Å². The zero-order chi connectivity index (χ0) is 20.3. The van der Waals surface area contributed by atoms with E-state index >= 15 is 0 Å². The largest absolute Gasteiger partial charge is 0.350 e. The van der Waals surface area contributed by atoms with Crippen molar-refractivity contribution in [3.63, 3.8) is 0 Å². The first kappa shape index (κ1) is 18.4. The molecule has 0 bridgehead atoms. The van der Waals surface area contributed by atoms with Crippen LogP contribution in [-0.4, -0.2) is 23.2 Å². The fourth-order valence-electron chi connectivity index (χ4n) is 3.22. The molecule has 29 heavy (non-hydrogen) atoms. The zero-order valence-electron chi connectivity index (χ0n) is 15.9. The first-order chi connectivity index (χ1) is 14.1. The number of carbonyl (C=O) groups is 2. The van der Waals surface area contributed by atoms with Crippen LogP contribution in [0.25, 0.3) is 0 Å². The number of benzene rings is 3. The third-order valence-corrected chi connectivity index (χ3v) is 4.75. The molecule has 0 spiro atoms. The lowest BCUT2D eigenvalue weighted by molar-refractivity contribution is -0.120. The average Bonchev–Trinajstić information content (AvgIpc) is 3.00. The van der Waals surface area contributed by atoms with Crippen molar-refractivity contribution in [2.75, 3.05) is 10.3 Å². The lowest BCUT2D eigenvalue weighted by Crippen LogP contribution is -2.64. The van der Waals surface area contributed by atoms with Crippen LogP contribution in [0.3, 0.4) is 0 Å². The van der Waals surface area contributed by atoms with Gasteiger partial charge in [0.05, 0.1) is 11.4 Å². The Balaban J connectivity index is 1.73. The van der Waals surface area contributed by atoms with Gasteiger partial charge in [-0.3, -0.25) is 9.59 Å². The predicted octanol–water partition coefficient (Wildman–Crippen LogP) is 3.65. The summed E-state index contributed by atoms with van der Waals surface area (Å²) in [6.07, 6.45) is 0. The summed E-state index contributed by atoms with van der Waals surface area (Å²) in [5, 5.41) is 11.9. The second kappa shape index (κ2) is 7.59. The highest BCUT2D eigenvalue weighted by Crippen LogP contribution is 2.28. The maximum absolute atomic E-state index is 13.5. The highest BCUT2D eigenvalue weighted by Gasteiger charge is 2.51. The number of carbonyl (C=O) groups excluding carboxylic acids is 2. The molecule has 0 aliphatic carbocycles. The number of hydrogen-bond donors (Lipinski definition) is 2. The van der Waals surface area contributed by atoms with Crippen molar-refractivity contribution in [3.8, 4) is 0 Å². The van der Waals surface area contributed by atoms with E-state index in [-0.39, 0.29) is 11.8 Å². The van der Waals surface area contributed by atoms with Crippen LogP contribution in [0.4, 0.5) is 11.4 Å². The van der Waals surface area contributed by atoms with Gasteiger partial charge in [-0.15, -0.1) is 0 Å². The van der Waals surface area contributed by atoms with E-state index in [0.29, 0.717) is 22.6 Å². The van der Waals surface area contributed by atoms with E-state index in [2.05, 4.69) is 15.7 Å². The third kappa shape index (κ3) is 3.48. The number of hydrogen-bond acceptors (Lipinski definition) is 4. The van der Waals surface area contributed by atoms with Gasteiger partial charge >= 0.3 is 0 Å². The summed E-state index contributed by atoms with van der Waals surface area (Å²) < 4.78 is 0. The molecule has 3 aromatic rings. The molecule has 0 aromatic heterocycles. The van der Waals surface area contributed by atoms with Crippen molar-refractivity contribution < 1.29 is 9.59 Å². The number of hydrazone groups is 1. The lowest BCUT2D eigenvalue weighted by atomic mass is 10.0. The minimum absolute atomic E-state index is 0.369. The minimum atomic E-state index is -1.50. The van der Waals surface area contributed by atoms with Gasteiger partial charge in [0.25, 0.3) is 11.8 Å². The highest BCUT2D eigenvalue weighted by molar-refractivity contribution is 6.25. The SMILES string of the molecule is CC1=NN(c2ccccc2)C(=O)C1(NC(=O)c1ccccc1)Nc1ccccc1. The Hall–Kier alpha value is -3.93. The van der Waals surface area contributed by atoms with E-state index in [0.717, 1.165) is 0 Å². The number of amides is 2. The Labute approximate surface area is 168 Å². The van der Waals surface area contributed by atoms with Crippen LogP contribution in [0, 0.1) is 0 Å². The second-order valence-electron chi connectivity index (χ2n) is 6.70. The summed E-state index contributed by atoms with van der Waals surface area (Å²) >= 11 is 0. The number of nitrogens with one attached hydrogen (secondary N) is 2. The fourth-order valence-corrected chi connectivity index (χ4v) is 3.22. The van der Waals surface area contributed by atoms with Crippen molar-refractivity contribution >= 4 is 28.9 Å². The standard InChI is InChI=1S/C23H20N4O2/c1-17-23(24-19-13-7-3-8-14-19,25-21(28)18-11-5-2-6-12-18)22(29)27(26-17)20-15-9-4-10-16-20/h2-16,24H,1H3,(H,25,28). The molecule has 3 aromatic carbocycles. The number of anilines is 2. The van der Waals surface area contributed by atoms with Crippen molar-refractivity contribution in [3.05, 3.63) is 96.6 Å². The van der Waals surface area contributed by atoms with Gasteiger partial charge in [-0.05, 0) is 43.3 Å². The Morgan fingerprint density at radius 3 is 2.03 bits per heavy atom. The van der Waals surface area contributed by atoms with Gasteiger partial charge in [-0.1, -0.05) is 54.6 Å². The van der Waals surface area contributed by atoms with Crippen molar-refractivity contribution in [2.24, 2.45) is 5.10 Å². The Kier molecular flexibility index (Phi) is 4.83. The molecule has 1 aliphatic heterocycles. The summed E-state index contributed by atoms with van der Waals surface area (Å²) in [6, 6.07) is 27.2. The van der Waals surface area contributed by atoms with Crippen LogP contribution in [0.1, 0.15) is 17.3 Å².